The van der Waals surface area contributed by atoms with Gasteiger partial charge in [0.2, 0.25) is 5.13 Å². The lowest BCUT2D eigenvalue weighted by Gasteiger charge is -2.00. The molecular weight excluding hydrogens is 219 g/mol. The molecule has 0 fully saturated rings. The Morgan fingerprint density at radius 1 is 1.50 bits per heavy atom. The number of thiophene rings is 1. The smallest absolute Gasteiger partial charge is 0.219 e. The van der Waals surface area contributed by atoms with Crippen molar-refractivity contribution in [3.05, 3.63) is 23.3 Å². The van der Waals surface area contributed by atoms with Crippen LogP contribution >= 0.6 is 24.0 Å². The molecule has 0 aliphatic carbocycles. The Hall–Kier alpha value is -0.740. The van der Waals surface area contributed by atoms with Crippen molar-refractivity contribution in [3.63, 3.8) is 0 Å². The lowest BCUT2D eigenvalue weighted by atomic mass is 10.2. The molecule has 1 aromatic carbocycles. The van der Waals surface area contributed by atoms with Crippen molar-refractivity contribution in [2.75, 3.05) is 6.61 Å². The van der Waals surface area contributed by atoms with Crippen LogP contribution in [-0.4, -0.2) is 6.61 Å². The van der Waals surface area contributed by atoms with Gasteiger partial charge in [-0.25, -0.2) is 0 Å². The predicted octanol–water partition coefficient (Wildman–Crippen LogP) is 3.73. The molecule has 1 nitrogen and oxygen atoms in total. The van der Waals surface area contributed by atoms with E-state index in [1.807, 2.05) is 25.1 Å². The normalized spacial score (nSPS) is 10.8. The number of hydrogen-bond donors (Lipinski definition) is 1. The summed E-state index contributed by atoms with van der Waals surface area (Å²) in [5.41, 5.74) is 0. The standard InChI is InChI=1S/C10H9FOS2/c1-2-12-8-6-4-3-5-7(13)9(6)14-10(8)11/h3-5,13H,2H2,1H3. The third-order valence-electron chi connectivity index (χ3n) is 1.90. The van der Waals surface area contributed by atoms with Crippen molar-refractivity contribution in [1.29, 1.82) is 0 Å². The Morgan fingerprint density at radius 3 is 3.00 bits per heavy atom. The summed E-state index contributed by atoms with van der Waals surface area (Å²) in [7, 11) is 0. The summed E-state index contributed by atoms with van der Waals surface area (Å²) >= 11 is 5.34. The fraction of sp³-hybridized carbons (Fsp3) is 0.200. The quantitative estimate of drug-likeness (QED) is 0.771. The summed E-state index contributed by atoms with van der Waals surface area (Å²) in [6.45, 7) is 2.31. The minimum Gasteiger partial charge on any atom is -0.489 e. The third-order valence-corrected chi connectivity index (χ3v) is 3.43. The van der Waals surface area contributed by atoms with Crippen LogP contribution in [0, 0.1) is 5.13 Å². The van der Waals surface area contributed by atoms with E-state index in [4.69, 9.17) is 4.74 Å². The van der Waals surface area contributed by atoms with E-state index in [-0.39, 0.29) is 5.13 Å². The van der Waals surface area contributed by atoms with Gasteiger partial charge in [-0.3, -0.25) is 0 Å². The minimum atomic E-state index is -0.275. The van der Waals surface area contributed by atoms with Gasteiger partial charge in [-0.1, -0.05) is 6.07 Å². The number of hydrogen-bond acceptors (Lipinski definition) is 3. The second kappa shape index (κ2) is 3.79. The van der Waals surface area contributed by atoms with Crippen molar-refractivity contribution < 1.29 is 9.13 Å². The van der Waals surface area contributed by atoms with E-state index in [0.717, 1.165) is 26.3 Å². The summed E-state index contributed by atoms with van der Waals surface area (Å²) in [4.78, 5) is 0.789. The van der Waals surface area contributed by atoms with Gasteiger partial charge in [-0.15, -0.1) is 24.0 Å². The van der Waals surface area contributed by atoms with Gasteiger partial charge in [0.25, 0.3) is 0 Å². The van der Waals surface area contributed by atoms with E-state index in [0.29, 0.717) is 12.4 Å². The molecule has 2 aromatic rings. The van der Waals surface area contributed by atoms with Gasteiger partial charge < -0.3 is 4.74 Å². The average Bonchev–Trinajstić information content (AvgIpc) is 2.47. The first-order valence-corrected chi connectivity index (χ1v) is 5.53. The first-order valence-electron chi connectivity index (χ1n) is 4.26. The van der Waals surface area contributed by atoms with Crippen LogP contribution in [0.25, 0.3) is 10.1 Å². The van der Waals surface area contributed by atoms with Crippen LogP contribution in [0.15, 0.2) is 23.1 Å². The molecule has 1 heterocycles. The predicted molar refractivity (Wildman–Crippen MR) is 60.2 cm³/mol. The van der Waals surface area contributed by atoms with Crippen molar-refractivity contribution in [3.8, 4) is 5.75 Å². The molecule has 74 valence electrons. The van der Waals surface area contributed by atoms with Crippen LogP contribution < -0.4 is 4.74 Å². The molecular formula is C10H9FOS2. The summed E-state index contributed by atoms with van der Waals surface area (Å²) in [6.07, 6.45) is 0. The zero-order chi connectivity index (χ0) is 10.1. The Balaban J connectivity index is 2.70. The Morgan fingerprint density at radius 2 is 2.29 bits per heavy atom. The molecule has 0 atom stereocenters. The third kappa shape index (κ3) is 1.48. The van der Waals surface area contributed by atoms with E-state index in [2.05, 4.69) is 12.6 Å². The Labute approximate surface area is 90.9 Å². The fourth-order valence-corrected chi connectivity index (χ4v) is 2.56. The van der Waals surface area contributed by atoms with E-state index < -0.39 is 0 Å². The Kier molecular flexibility index (Phi) is 2.65. The zero-order valence-corrected chi connectivity index (χ0v) is 9.29. The number of benzene rings is 1. The van der Waals surface area contributed by atoms with Gasteiger partial charge in [-0.2, -0.15) is 4.39 Å². The number of fused-ring (bicyclic) bond motifs is 1. The number of ether oxygens (including phenoxy) is 1. The lowest BCUT2D eigenvalue weighted by Crippen LogP contribution is -1.91. The van der Waals surface area contributed by atoms with Gasteiger partial charge in [0.15, 0.2) is 5.75 Å². The van der Waals surface area contributed by atoms with E-state index in [9.17, 15) is 4.39 Å². The highest BCUT2D eigenvalue weighted by molar-refractivity contribution is 7.80. The molecule has 0 aliphatic heterocycles. The molecule has 0 saturated heterocycles. The van der Waals surface area contributed by atoms with Crippen LogP contribution in [0.3, 0.4) is 0 Å². The Bertz CT molecular complexity index is 464. The molecule has 0 radical (unpaired) electrons. The maximum atomic E-state index is 13.4. The van der Waals surface area contributed by atoms with E-state index in [1.165, 1.54) is 0 Å². The second-order valence-corrected chi connectivity index (χ2v) is 4.24. The maximum Gasteiger partial charge on any atom is 0.219 e. The number of thiol groups is 1. The van der Waals surface area contributed by atoms with Gasteiger partial charge in [0.1, 0.15) is 0 Å². The molecule has 0 aliphatic rings. The lowest BCUT2D eigenvalue weighted by molar-refractivity contribution is 0.330. The van der Waals surface area contributed by atoms with Crippen molar-refractivity contribution in [2.45, 2.75) is 11.8 Å². The van der Waals surface area contributed by atoms with Crippen LogP contribution in [0.2, 0.25) is 0 Å². The van der Waals surface area contributed by atoms with Gasteiger partial charge in [-0.05, 0) is 19.1 Å². The van der Waals surface area contributed by atoms with Crippen molar-refractivity contribution in [2.24, 2.45) is 0 Å². The minimum absolute atomic E-state index is 0.275. The molecule has 0 unspecified atom stereocenters. The average molecular weight is 228 g/mol. The van der Waals surface area contributed by atoms with E-state index in [1.54, 1.807) is 0 Å². The first-order chi connectivity index (χ1) is 6.74. The first kappa shape index (κ1) is 9.80. The molecule has 4 heteroatoms. The molecule has 14 heavy (non-hydrogen) atoms. The second-order valence-electron chi connectivity index (χ2n) is 2.79. The van der Waals surface area contributed by atoms with Crippen LogP contribution in [0.4, 0.5) is 4.39 Å². The van der Waals surface area contributed by atoms with Crippen LogP contribution in [0.1, 0.15) is 6.92 Å². The summed E-state index contributed by atoms with van der Waals surface area (Å²) < 4.78 is 19.5. The monoisotopic (exact) mass is 228 g/mol. The highest BCUT2D eigenvalue weighted by atomic mass is 32.1. The summed E-state index contributed by atoms with van der Waals surface area (Å²) in [6, 6.07) is 5.54. The van der Waals surface area contributed by atoms with Crippen LogP contribution in [0.5, 0.6) is 5.75 Å². The highest BCUT2D eigenvalue weighted by Crippen LogP contribution is 2.39. The molecule has 0 bridgehead atoms. The summed E-state index contributed by atoms with van der Waals surface area (Å²) in [5.74, 6) is 0.350. The fourth-order valence-electron chi connectivity index (χ4n) is 1.33. The van der Waals surface area contributed by atoms with Gasteiger partial charge in [0, 0.05) is 10.3 Å². The number of halogens is 1. The molecule has 1 aromatic heterocycles. The molecule has 0 spiro atoms. The number of rotatable bonds is 2. The largest absolute Gasteiger partial charge is 0.489 e. The molecule has 0 amide bonds. The van der Waals surface area contributed by atoms with E-state index >= 15 is 0 Å². The SMILES string of the molecule is CCOc1c(F)sc2c(S)cccc12. The van der Waals surface area contributed by atoms with Gasteiger partial charge >= 0.3 is 0 Å². The molecule has 2 rings (SSSR count). The van der Waals surface area contributed by atoms with Crippen molar-refractivity contribution in [1.82, 2.24) is 0 Å². The molecule has 0 N–H and O–H groups in total. The van der Waals surface area contributed by atoms with Crippen molar-refractivity contribution >= 4 is 34.1 Å². The molecule has 0 saturated carbocycles. The highest BCUT2D eigenvalue weighted by Gasteiger charge is 2.13. The zero-order valence-electron chi connectivity index (χ0n) is 7.58. The van der Waals surface area contributed by atoms with Gasteiger partial charge in [0.05, 0.1) is 11.3 Å². The van der Waals surface area contributed by atoms with Crippen LogP contribution in [-0.2, 0) is 0 Å². The topological polar surface area (TPSA) is 9.23 Å². The maximum absolute atomic E-state index is 13.4. The summed E-state index contributed by atoms with van der Waals surface area (Å²) in [5, 5.41) is 0.533.